The smallest absolute Gasteiger partial charge is 0.244 e. The van der Waals surface area contributed by atoms with Crippen LogP contribution in [0.5, 0.6) is 5.75 Å². The molecule has 2 heteroatoms. The van der Waals surface area contributed by atoms with Crippen LogP contribution in [0.15, 0.2) is 91.0 Å². The van der Waals surface area contributed by atoms with E-state index in [1.54, 1.807) is 0 Å². The third-order valence-electron chi connectivity index (χ3n) is 3.66. The van der Waals surface area contributed by atoms with Gasteiger partial charge in [-0.05, 0) is 35.3 Å². The first-order valence-electron chi connectivity index (χ1n) is 7.70. The fourth-order valence-electron chi connectivity index (χ4n) is 2.60. The van der Waals surface area contributed by atoms with Gasteiger partial charge in [0.05, 0.1) is 0 Å². The van der Waals surface area contributed by atoms with E-state index in [4.69, 9.17) is 4.43 Å². The molecule has 0 aliphatic rings. The molecule has 3 rings (SSSR count). The topological polar surface area (TPSA) is 9.23 Å². The second kappa shape index (κ2) is 7.62. The predicted octanol–water partition coefficient (Wildman–Crippen LogP) is 4.35. The average molecular weight is 304 g/mol. The fraction of sp³-hybridized carbons (Fsp3) is 0.100. The summed E-state index contributed by atoms with van der Waals surface area (Å²) >= 11 is 0. The molecule has 0 aromatic heterocycles. The lowest BCUT2D eigenvalue weighted by Crippen LogP contribution is -2.28. The molecule has 0 N–H and O–H groups in total. The van der Waals surface area contributed by atoms with Crippen molar-refractivity contribution in [1.82, 2.24) is 0 Å². The summed E-state index contributed by atoms with van der Waals surface area (Å²) in [5, 5.41) is 0. The standard InChI is InChI=1S/C20H20OSi/c1-4-10-18(11-5-1)16-22(17-19-12-6-2-7-13-19)21-20-14-8-3-9-15-20/h1-15,22H,16-17H2. The minimum atomic E-state index is -1.41. The quantitative estimate of drug-likeness (QED) is 0.615. The Morgan fingerprint density at radius 1 is 0.545 bits per heavy atom. The Morgan fingerprint density at radius 3 is 1.41 bits per heavy atom. The molecule has 0 fully saturated rings. The van der Waals surface area contributed by atoms with Crippen LogP contribution in [0.2, 0.25) is 0 Å². The van der Waals surface area contributed by atoms with Crippen molar-refractivity contribution in [3.05, 3.63) is 102 Å². The molecule has 0 bridgehead atoms. The van der Waals surface area contributed by atoms with Crippen LogP contribution in [0.3, 0.4) is 0 Å². The van der Waals surface area contributed by atoms with Gasteiger partial charge in [-0.15, -0.1) is 0 Å². The highest BCUT2D eigenvalue weighted by molar-refractivity contribution is 6.51. The van der Waals surface area contributed by atoms with E-state index in [9.17, 15) is 0 Å². The van der Waals surface area contributed by atoms with Gasteiger partial charge in [-0.3, -0.25) is 0 Å². The largest absolute Gasteiger partial charge is 0.546 e. The molecule has 0 aliphatic carbocycles. The molecule has 0 unspecified atom stereocenters. The Labute approximate surface area is 133 Å². The molecule has 110 valence electrons. The van der Waals surface area contributed by atoms with E-state index in [1.165, 1.54) is 11.1 Å². The molecule has 0 amide bonds. The Morgan fingerprint density at radius 2 is 0.955 bits per heavy atom. The van der Waals surface area contributed by atoms with Crippen molar-refractivity contribution in [2.45, 2.75) is 12.1 Å². The van der Waals surface area contributed by atoms with Crippen LogP contribution >= 0.6 is 0 Å². The number of rotatable bonds is 6. The Hall–Kier alpha value is -2.32. The average Bonchev–Trinajstić information content (AvgIpc) is 2.57. The molecule has 1 nitrogen and oxygen atoms in total. The molecular formula is C20H20OSi. The van der Waals surface area contributed by atoms with Crippen molar-refractivity contribution in [3.8, 4) is 5.75 Å². The molecule has 22 heavy (non-hydrogen) atoms. The van der Waals surface area contributed by atoms with Crippen LogP contribution in [-0.4, -0.2) is 9.04 Å². The number of hydrogen-bond acceptors (Lipinski definition) is 1. The maximum atomic E-state index is 6.36. The van der Waals surface area contributed by atoms with Crippen LogP contribution in [0.4, 0.5) is 0 Å². The van der Waals surface area contributed by atoms with E-state index >= 15 is 0 Å². The van der Waals surface area contributed by atoms with Gasteiger partial charge in [-0.2, -0.15) is 0 Å². The summed E-state index contributed by atoms with van der Waals surface area (Å²) < 4.78 is 6.36. The van der Waals surface area contributed by atoms with E-state index in [-0.39, 0.29) is 0 Å². The first-order valence-corrected chi connectivity index (χ1v) is 9.80. The maximum absolute atomic E-state index is 6.36. The van der Waals surface area contributed by atoms with Crippen LogP contribution in [-0.2, 0) is 12.1 Å². The third kappa shape index (κ3) is 4.33. The Balaban J connectivity index is 1.75. The summed E-state index contributed by atoms with van der Waals surface area (Å²) in [6.07, 6.45) is 0. The van der Waals surface area contributed by atoms with Gasteiger partial charge in [0.2, 0.25) is 9.04 Å². The maximum Gasteiger partial charge on any atom is 0.244 e. The summed E-state index contributed by atoms with van der Waals surface area (Å²) in [5.74, 6) is 0.992. The SMILES string of the molecule is c1ccc(C[SiH](Cc2ccccc2)Oc2ccccc2)cc1. The molecule has 0 saturated heterocycles. The molecule has 0 aliphatic heterocycles. The van der Waals surface area contributed by atoms with Gasteiger partial charge >= 0.3 is 0 Å². The summed E-state index contributed by atoms with van der Waals surface area (Å²) in [4.78, 5) is 0. The molecular weight excluding hydrogens is 284 g/mol. The zero-order chi connectivity index (χ0) is 15.0. The van der Waals surface area contributed by atoms with E-state index in [0.29, 0.717) is 0 Å². The van der Waals surface area contributed by atoms with E-state index < -0.39 is 9.04 Å². The van der Waals surface area contributed by atoms with Gasteiger partial charge in [0.15, 0.2) is 0 Å². The van der Waals surface area contributed by atoms with E-state index in [1.807, 2.05) is 18.2 Å². The van der Waals surface area contributed by atoms with Crippen molar-refractivity contribution in [1.29, 1.82) is 0 Å². The normalized spacial score (nSPS) is 10.6. The van der Waals surface area contributed by atoms with Gasteiger partial charge in [-0.25, -0.2) is 0 Å². The lowest BCUT2D eigenvalue weighted by Gasteiger charge is -2.18. The molecule has 0 atom stereocenters. The Kier molecular flexibility index (Phi) is 5.06. The molecule has 3 aromatic rings. The van der Waals surface area contributed by atoms with Gasteiger partial charge in [0.25, 0.3) is 0 Å². The van der Waals surface area contributed by atoms with Crippen LogP contribution in [0.25, 0.3) is 0 Å². The minimum Gasteiger partial charge on any atom is -0.546 e. The van der Waals surface area contributed by atoms with E-state index in [0.717, 1.165) is 17.8 Å². The van der Waals surface area contributed by atoms with Crippen molar-refractivity contribution >= 4 is 9.04 Å². The van der Waals surface area contributed by atoms with Gasteiger partial charge in [-0.1, -0.05) is 78.9 Å². The third-order valence-corrected chi connectivity index (χ3v) is 6.12. The highest BCUT2D eigenvalue weighted by atomic mass is 28.3. The minimum absolute atomic E-state index is 0.992. The van der Waals surface area contributed by atoms with E-state index in [2.05, 4.69) is 72.8 Å². The lowest BCUT2D eigenvalue weighted by molar-refractivity contribution is 0.562. The molecule has 0 spiro atoms. The second-order valence-corrected chi connectivity index (χ2v) is 7.73. The number of hydrogen-bond donors (Lipinski definition) is 0. The predicted molar refractivity (Wildman–Crippen MR) is 94.5 cm³/mol. The van der Waals surface area contributed by atoms with Crippen molar-refractivity contribution < 1.29 is 4.43 Å². The Bertz CT molecular complexity index is 569. The highest BCUT2D eigenvalue weighted by Gasteiger charge is 2.15. The zero-order valence-electron chi connectivity index (χ0n) is 12.6. The summed E-state index contributed by atoms with van der Waals surface area (Å²) in [7, 11) is -1.41. The summed E-state index contributed by atoms with van der Waals surface area (Å²) in [6, 6.07) is 33.6. The van der Waals surface area contributed by atoms with Gasteiger partial charge in [0.1, 0.15) is 5.75 Å². The molecule has 0 saturated carbocycles. The summed E-state index contributed by atoms with van der Waals surface area (Å²) in [5.41, 5.74) is 2.73. The van der Waals surface area contributed by atoms with Gasteiger partial charge < -0.3 is 4.43 Å². The van der Waals surface area contributed by atoms with Crippen molar-refractivity contribution in [2.75, 3.05) is 0 Å². The van der Waals surface area contributed by atoms with Gasteiger partial charge in [0, 0.05) is 0 Å². The fourth-order valence-corrected chi connectivity index (χ4v) is 5.05. The highest BCUT2D eigenvalue weighted by Crippen LogP contribution is 2.15. The second-order valence-electron chi connectivity index (χ2n) is 5.43. The zero-order valence-corrected chi connectivity index (χ0v) is 13.7. The van der Waals surface area contributed by atoms with Crippen molar-refractivity contribution in [2.24, 2.45) is 0 Å². The first-order chi connectivity index (χ1) is 10.9. The number of benzene rings is 3. The van der Waals surface area contributed by atoms with Crippen LogP contribution < -0.4 is 4.43 Å². The van der Waals surface area contributed by atoms with Crippen LogP contribution in [0, 0.1) is 0 Å². The van der Waals surface area contributed by atoms with Crippen molar-refractivity contribution in [3.63, 3.8) is 0 Å². The lowest BCUT2D eigenvalue weighted by atomic mass is 10.2. The van der Waals surface area contributed by atoms with Crippen LogP contribution in [0.1, 0.15) is 11.1 Å². The number of para-hydroxylation sites is 1. The molecule has 3 aromatic carbocycles. The molecule has 0 radical (unpaired) electrons. The molecule has 0 heterocycles. The first kappa shape index (κ1) is 14.6. The monoisotopic (exact) mass is 304 g/mol. The summed E-state index contributed by atoms with van der Waals surface area (Å²) in [6.45, 7) is 0.